The molecule has 0 saturated carbocycles. The molecule has 0 bridgehead atoms. The van der Waals surface area contributed by atoms with Crippen LogP contribution in [0.1, 0.15) is 35.5 Å². The summed E-state index contributed by atoms with van der Waals surface area (Å²) in [5, 5.41) is 9.54. The number of aryl methyl sites for hydroxylation is 1. The van der Waals surface area contributed by atoms with Gasteiger partial charge in [0.15, 0.2) is 0 Å². The quantitative estimate of drug-likeness (QED) is 0.406. The number of carbonyl (C=O) groups excluding carboxylic acids is 3. The molecule has 2 atom stereocenters. The molecule has 4 rings (SSSR count). The van der Waals surface area contributed by atoms with Crippen molar-refractivity contribution in [1.82, 2.24) is 24.9 Å². The van der Waals surface area contributed by atoms with Gasteiger partial charge in [0.05, 0.1) is 5.69 Å². The zero-order valence-electron chi connectivity index (χ0n) is 23.3. The molecule has 9 nitrogen and oxygen atoms in total. The van der Waals surface area contributed by atoms with E-state index in [1.807, 2.05) is 56.1 Å². The Bertz CT molecular complexity index is 1320. The van der Waals surface area contributed by atoms with Crippen LogP contribution in [-0.4, -0.2) is 76.6 Å². The normalized spacial score (nSPS) is 15.3. The van der Waals surface area contributed by atoms with E-state index in [1.54, 1.807) is 16.8 Å². The van der Waals surface area contributed by atoms with E-state index >= 15 is 4.39 Å². The maximum absolute atomic E-state index is 15.1. The Morgan fingerprint density at radius 2 is 1.70 bits per heavy atom. The molecule has 1 aliphatic heterocycles. The molecule has 2 aromatic carbocycles. The summed E-state index contributed by atoms with van der Waals surface area (Å²) < 4.78 is 16.7. The molecule has 3 aromatic rings. The lowest BCUT2D eigenvalue weighted by molar-refractivity contribution is -0.136. The van der Waals surface area contributed by atoms with Gasteiger partial charge in [-0.05, 0) is 49.7 Å². The highest BCUT2D eigenvalue weighted by Gasteiger charge is 2.26. The van der Waals surface area contributed by atoms with Crippen molar-refractivity contribution in [3.05, 3.63) is 83.4 Å². The summed E-state index contributed by atoms with van der Waals surface area (Å²) in [5.41, 5.74) is 1.87. The molecule has 0 aliphatic carbocycles. The van der Waals surface area contributed by atoms with Crippen molar-refractivity contribution >= 4 is 23.4 Å². The van der Waals surface area contributed by atoms with E-state index in [0.29, 0.717) is 37.3 Å². The standard InChI is InChI=1S/C30H37FN6O3/c1-4-37-27(12-13-32-37)29(39)34-26(20-22-8-6-5-7-9-22)28(38)33-25-11-10-23(19-24(25)31)18-21(2)30(40)36-16-14-35(3)15-17-36/h5-13,19,21,26H,4,14-18,20H2,1-3H3,(H,33,38)(H,34,39)/t21-,26+/m1/s1. The highest BCUT2D eigenvalue weighted by molar-refractivity contribution is 6.00. The number of piperazine rings is 1. The second kappa shape index (κ2) is 13.3. The molecule has 2 N–H and O–H groups in total. The van der Waals surface area contributed by atoms with Crippen molar-refractivity contribution in [2.24, 2.45) is 5.92 Å². The third kappa shape index (κ3) is 7.32. The van der Waals surface area contributed by atoms with E-state index in [9.17, 15) is 14.4 Å². The summed E-state index contributed by atoms with van der Waals surface area (Å²) in [4.78, 5) is 43.2. The Kier molecular flexibility index (Phi) is 9.65. The van der Waals surface area contributed by atoms with Crippen LogP contribution in [0.25, 0.3) is 0 Å². The van der Waals surface area contributed by atoms with Gasteiger partial charge in [0.2, 0.25) is 11.8 Å². The Hall–Kier alpha value is -4.05. The second-order valence-corrected chi connectivity index (χ2v) is 10.3. The van der Waals surface area contributed by atoms with Gasteiger partial charge in [-0.1, -0.05) is 43.3 Å². The molecule has 2 heterocycles. The summed E-state index contributed by atoms with van der Waals surface area (Å²) in [6.07, 6.45) is 2.15. The topological polar surface area (TPSA) is 99.6 Å². The first-order chi connectivity index (χ1) is 19.2. The van der Waals surface area contributed by atoms with Crippen molar-refractivity contribution in [2.45, 2.75) is 39.3 Å². The number of benzene rings is 2. The van der Waals surface area contributed by atoms with Crippen LogP contribution in [0.2, 0.25) is 0 Å². The lowest BCUT2D eigenvalue weighted by Crippen LogP contribution is -2.48. The molecule has 1 aromatic heterocycles. The number of nitrogens with zero attached hydrogens (tertiary/aromatic N) is 4. The summed E-state index contributed by atoms with van der Waals surface area (Å²) in [5.74, 6) is -1.80. The highest BCUT2D eigenvalue weighted by Crippen LogP contribution is 2.20. The maximum Gasteiger partial charge on any atom is 0.270 e. The molecule has 3 amide bonds. The van der Waals surface area contributed by atoms with Gasteiger partial charge in [-0.25, -0.2) is 4.39 Å². The fourth-order valence-corrected chi connectivity index (χ4v) is 4.85. The smallest absolute Gasteiger partial charge is 0.270 e. The highest BCUT2D eigenvalue weighted by atomic mass is 19.1. The minimum atomic E-state index is -0.949. The van der Waals surface area contributed by atoms with E-state index in [-0.39, 0.29) is 23.9 Å². The molecule has 1 aliphatic rings. The van der Waals surface area contributed by atoms with Crippen LogP contribution in [0, 0.1) is 11.7 Å². The fraction of sp³-hybridized carbons (Fsp3) is 0.400. The van der Waals surface area contributed by atoms with Gasteiger partial charge in [-0.15, -0.1) is 0 Å². The van der Waals surface area contributed by atoms with Crippen molar-refractivity contribution in [1.29, 1.82) is 0 Å². The number of aromatic nitrogens is 2. The number of anilines is 1. The first-order valence-electron chi connectivity index (χ1n) is 13.7. The second-order valence-electron chi connectivity index (χ2n) is 10.3. The van der Waals surface area contributed by atoms with E-state index in [0.717, 1.165) is 18.7 Å². The molecular weight excluding hydrogens is 511 g/mol. The van der Waals surface area contributed by atoms with Crippen LogP contribution in [0.4, 0.5) is 10.1 Å². The van der Waals surface area contributed by atoms with Gasteiger partial charge in [0.1, 0.15) is 17.6 Å². The number of nitrogens with one attached hydrogen (secondary N) is 2. The summed E-state index contributed by atoms with van der Waals surface area (Å²) in [6.45, 7) is 7.30. The largest absolute Gasteiger partial charge is 0.340 e. The molecule has 1 fully saturated rings. The van der Waals surface area contributed by atoms with Crippen LogP contribution in [0.5, 0.6) is 0 Å². The minimum absolute atomic E-state index is 0.0118. The first-order valence-corrected chi connectivity index (χ1v) is 13.7. The van der Waals surface area contributed by atoms with Crippen LogP contribution in [-0.2, 0) is 29.0 Å². The van der Waals surface area contributed by atoms with Gasteiger partial charge in [0.25, 0.3) is 5.91 Å². The molecular formula is C30H37FN6O3. The van der Waals surface area contributed by atoms with Crippen molar-refractivity contribution < 1.29 is 18.8 Å². The molecule has 0 spiro atoms. The molecule has 0 unspecified atom stereocenters. The number of hydrogen-bond donors (Lipinski definition) is 2. The third-order valence-corrected chi connectivity index (χ3v) is 7.22. The van der Waals surface area contributed by atoms with Gasteiger partial charge in [0, 0.05) is 51.3 Å². The van der Waals surface area contributed by atoms with Gasteiger partial charge in [-0.2, -0.15) is 5.10 Å². The monoisotopic (exact) mass is 548 g/mol. The predicted molar refractivity (Wildman–Crippen MR) is 151 cm³/mol. The van der Waals surface area contributed by atoms with Crippen LogP contribution in [0.3, 0.4) is 0 Å². The Labute approximate surface area is 234 Å². The number of carbonyl (C=O) groups is 3. The van der Waals surface area contributed by atoms with Gasteiger partial charge >= 0.3 is 0 Å². The van der Waals surface area contributed by atoms with E-state index in [1.165, 1.54) is 18.3 Å². The molecule has 1 saturated heterocycles. The SMILES string of the molecule is CCn1nccc1C(=O)N[C@@H](Cc1ccccc1)C(=O)Nc1ccc(C[C@@H](C)C(=O)N2CCN(C)CC2)cc1F. The van der Waals surface area contributed by atoms with Crippen LogP contribution < -0.4 is 10.6 Å². The van der Waals surface area contributed by atoms with Crippen molar-refractivity contribution in [3.8, 4) is 0 Å². The number of hydrogen-bond acceptors (Lipinski definition) is 5. The molecule has 212 valence electrons. The van der Waals surface area contributed by atoms with E-state index < -0.39 is 23.7 Å². The van der Waals surface area contributed by atoms with E-state index in [4.69, 9.17) is 0 Å². The minimum Gasteiger partial charge on any atom is -0.340 e. The van der Waals surface area contributed by atoms with Crippen LogP contribution in [0.15, 0.2) is 60.8 Å². The fourth-order valence-electron chi connectivity index (χ4n) is 4.85. The number of rotatable bonds is 10. The Balaban J connectivity index is 1.43. The number of likely N-dealkylation sites (N-methyl/N-ethyl adjacent to an activating group) is 1. The first kappa shape index (κ1) is 28.9. The Morgan fingerprint density at radius 3 is 2.38 bits per heavy atom. The summed E-state index contributed by atoms with van der Waals surface area (Å²) in [7, 11) is 2.04. The number of halogens is 1. The van der Waals surface area contributed by atoms with Gasteiger partial charge < -0.3 is 20.4 Å². The zero-order valence-corrected chi connectivity index (χ0v) is 23.3. The lowest BCUT2D eigenvalue weighted by Gasteiger charge is -2.34. The Morgan fingerprint density at radius 1 is 0.975 bits per heavy atom. The van der Waals surface area contributed by atoms with Crippen molar-refractivity contribution in [2.75, 3.05) is 38.5 Å². The van der Waals surface area contributed by atoms with Crippen molar-refractivity contribution in [3.63, 3.8) is 0 Å². The molecule has 40 heavy (non-hydrogen) atoms. The molecule has 0 radical (unpaired) electrons. The third-order valence-electron chi connectivity index (χ3n) is 7.22. The molecule has 10 heteroatoms. The average molecular weight is 549 g/mol. The maximum atomic E-state index is 15.1. The van der Waals surface area contributed by atoms with E-state index in [2.05, 4.69) is 20.6 Å². The zero-order chi connectivity index (χ0) is 28.6. The summed E-state index contributed by atoms with van der Waals surface area (Å²) in [6, 6.07) is 14.5. The van der Waals surface area contributed by atoms with Crippen LogP contribution >= 0.6 is 0 Å². The van der Waals surface area contributed by atoms with Gasteiger partial charge in [-0.3, -0.25) is 19.1 Å². The summed E-state index contributed by atoms with van der Waals surface area (Å²) >= 11 is 0. The number of amides is 3. The lowest BCUT2D eigenvalue weighted by atomic mass is 9.99. The predicted octanol–water partition coefficient (Wildman–Crippen LogP) is 2.97. The average Bonchev–Trinajstić information content (AvgIpc) is 3.44.